The number of hydrogen-bond donors (Lipinski definition) is 2. The van der Waals surface area contributed by atoms with E-state index in [0.29, 0.717) is 19.7 Å². The molecule has 0 aliphatic carbocycles. The second-order valence-corrected chi connectivity index (χ2v) is 5.84. The van der Waals surface area contributed by atoms with Crippen LogP contribution in [-0.4, -0.2) is 48.4 Å². The van der Waals surface area contributed by atoms with Crippen LogP contribution in [0.1, 0.15) is 26.2 Å². The number of likely N-dealkylation sites (tertiary alicyclic amines) is 1. The monoisotopic (exact) mass is 306 g/mol. The summed E-state index contributed by atoms with van der Waals surface area (Å²) in [5, 5.41) is 12.6. The van der Waals surface area contributed by atoms with Gasteiger partial charge in [-0.05, 0) is 38.3 Å². The van der Waals surface area contributed by atoms with Gasteiger partial charge < -0.3 is 20.1 Å². The molecule has 5 nitrogen and oxygen atoms in total. The van der Waals surface area contributed by atoms with Gasteiger partial charge in [-0.15, -0.1) is 0 Å². The molecule has 1 aliphatic rings. The molecular formula is C17H26N2O3. The average molecular weight is 306 g/mol. The molecule has 1 heterocycles. The van der Waals surface area contributed by atoms with Crippen LogP contribution in [0.4, 0.5) is 4.79 Å². The maximum Gasteiger partial charge on any atom is 0.317 e. The summed E-state index contributed by atoms with van der Waals surface area (Å²) in [6.45, 7) is 4.40. The highest BCUT2D eigenvalue weighted by atomic mass is 16.5. The van der Waals surface area contributed by atoms with E-state index >= 15 is 0 Å². The molecular weight excluding hydrogens is 280 g/mol. The Balaban J connectivity index is 1.61. The normalized spacial score (nSPS) is 19.5. The lowest BCUT2D eigenvalue weighted by atomic mass is 9.94. The topological polar surface area (TPSA) is 61.8 Å². The fourth-order valence-corrected chi connectivity index (χ4v) is 2.67. The van der Waals surface area contributed by atoms with Crippen molar-refractivity contribution >= 4 is 6.03 Å². The van der Waals surface area contributed by atoms with Gasteiger partial charge >= 0.3 is 6.03 Å². The fraction of sp³-hybridized carbons (Fsp3) is 0.588. The van der Waals surface area contributed by atoms with Crippen LogP contribution in [0.2, 0.25) is 0 Å². The van der Waals surface area contributed by atoms with Gasteiger partial charge in [-0.1, -0.05) is 18.2 Å². The van der Waals surface area contributed by atoms with E-state index in [2.05, 4.69) is 5.32 Å². The first kappa shape index (κ1) is 16.6. The number of urea groups is 1. The predicted molar refractivity (Wildman–Crippen MR) is 85.9 cm³/mol. The highest BCUT2D eigenvalue weighted by Gasteiger charge is 2.26. The van der Waals surface area contributed by atoms with Crippen LogP contribution < -0.4 is 10.1 Å². The number of para-hydroxylation sites is 1. The number of aliphatic hydroxyl groups is 1. The lowest BCUT2D eigenvalue weighted by molar-refractivity contribution is 0.0739. The quantitative estimate of drug-likeness (QED) is 0.793. The summed E-state index contributed by atoms with van der Waals surface area (Å²) in [6.07, 6.45) is 2.37. The molecule has 0 bridgehead atoms. The minimum Gasteiger partial charge on any atom is -0.494 e. The smallest absolute Gasteiger partial charge is 0.317 e. The number of carbonyl (C=O) groups excluding carboxylic acids is 1. The molecule has 2 N–H and O–H groups in total. The van der Waals surface area contributed by atoms with Crippen molar-refractivity contribution in [3.8, 4) is 5.75 Å². The molecule has 1 saturated heterocycles. The van der Waals surface area contributed by atoms with Crippen molar-refractivity contribution in [1.29, 1.82) is 0 Å². The number of piperidine rings is 1. The van der Waals surface area contributed by atoms with Crippen LogP contribution in [0.15, 0.2) is 30.3 Å². The van der Waals surface area contributed by atoms with Gasteiger partial charge in [-0.25, -0.2) is 4.79 Å². The van der Waals surface area contributed by atoms with Crippen molar-refractivity contribution in [2.75, 3.05) is 26.2 Å². The van der Waals surface area contributed by atoms with Gasteiger partial charge in [0, 0.05) is 25.6 Å². The number of rotatable bonds is 6. The van der Waals surface area contributed by atoms with Crippen molar-refractivity contribution in [2.24, 2.45) is 5.92 Å². The van der Waals surface area contributed by atoms with Gasteiger partial charge in [0.15, 0.2) is 0 Å². The molecule has 122 valence electrons. The molecule has 1 fully saturated rings. The summed E-state index contributed by atoms with van der Waals surface area (Å²) in [4.78, 5) is 13.9. The van der Waals surface area contributed by atoms with E-state index in [1.54, 1.807) is 11.8 Å². The van der Waals surface area contributed by atoms with Crippen molar-refractivity contribution in [3.05, 3.63) is 30.3 Å². The maximum absolute atomic E-state index is 12.1. The Bertz CT molecular complexity index is 450. The van der Waals surface area contributed by atoms with Crippen molar-refractivity contribution in [1.82, 2.24) is 10.2 Å². The van der Waals surface area contributed by atoms with Crippen molar-refractivity contribution in [3.63, 3.8) is 0 Å². The summed E-state index contributed by atoms with van der Waals surface area (Å²) in [5.74, 6) is 1.05. The fourth-order valence-electron chi connectivity index (χ4n) is 2.67. The molecule has 0 saturated carbocycles. The third-order valence-electron chi connectivity index (χ3n) is 4.04. The van der Waals surface area contributed by atoms with Gasteiger partial charge in [-0.3, -0.25) is 0 Å². The number of benzene rings is 1. The van der Waals surface area contributed by atoms with Crippen LogP contribution in [0.3, 0.4) is 0 Å². The Kier molecular flexibility index (Phi) is 6.52. The Morgan fingerprint density at radius 1 is 1.45 bits per heavy atom. The third-order valence-corrected chi connectivity index (χ3v) is 4.04. The molecule has 2 rings (SSSR count). The van der Waals surface area contributed by atoms with Crippen LogP contribution in [0, 0.1) is 5.92 Å². The van der Waals surface area contributed by atoms with E-state index in [4.69, 9.17) is 4.74 Å². The molecule has 1 aromatic rings. The lowest BCUT2D eigenvalue weighted by Crippen LogP contribution is -2.47. The second-order valence-electron chi connectivity index (χ2n) is 5.84. The largest absolute Gasteiger partial charge is 0.494 e. The Morgan fingerprint density at radius 3 is 2.95 bits per heavy atom. The minimum atomic E-state index is -0.352. The van der Waals surface area contributed by atoms with Crippen LogP contribution >= 0.6 is 0 Å². The number of nitrogens with zero attached hydrogens (tertiary/aromatic N) is 1. The zero-order valence-corrected chi connectivity index (χ0v) is 13.2. The summed E-state index contributed by atoms with van der Waals surface area (Å²) in [7, 11) is 0. The first-order valence-electron chi connectivity index (χ1n) is 8.05. The second kappa shape index (κ2) is 8.63. The van der Waals surface area contributed by atoms with E-state index < -0.39 is 0 Å². The Labute approximate surface area is 132 Å². The molecule has 2 unspecified atom stereocenters. The molecule has 2 atom stereocenters. The van der Waals surface area contributed by atoms with Crippen LogP contribution in [0.25, 0.3) is 0 Å². The average Bonchev–Trinajstić information content (AvgIpc) is 2.55. The standard InChI is InChI=1S/C17H26N2O3/c1-14(20)15-7-5-11-19(13-15)17(21)18-10-6-12-22-16-8-3-2-4-9-16/h2-4,8-9,14-15,20H,5-7,10-13H2,1H3,(H,18,21). The van der Waals surface area contributed by atoms with Crippen molar-refractivity contribution < 1.29 is 14.6 Å². The number of ether oxygens (including phenoxy) is 1. The summed E-state index contributed by atoms with van der Waals surface area (Å²) in [5.41, 5.74) is 0. The van der Waals surface area contributed by atoms with E-state index in [-0.39, 0.29) is 18.1 Å². The molecule has 0 radical (unpaired) electrons. The number of aliphatic hydroxyl groups excluding tert-OH is 1. The number of nitrogens with one attached hydrogen (secondary N) is 1. The van der Waals surface area contributed by atoms with Crippen LogP contribution in [0.5, 0.6) is 5.75 Å². The summed E-state index contributed by atoms with van der Waals surface area (Å²) < 4.78 is 5.58. The molecule has 5 heteroatoms. The lowest BCUT2D eigenvalue weighted by Gasteiger charge is -2.34. The Morgan fingerprint density at radius 2 is 2.23 bits per heavy atom. The predicted octanol–water partition coefficient (Wildman–Crippen LogP) is 2.26. The van der Waals surface area contributed by atoms with Gasteiger partial charge in [0.05, 0.1) is 12.7 Å². The number of carbonyl (C=O) groups is 1. The van der Waals surface area contributed by atoms with E-state index in [9.17, 15) is 9.90 Å². The van der Waals surface area contributed by atoms with E-state index in [0.717, 1.165) is 31.6 Å². The van der Waals surface area contributed by atoms with E-state index in [1.165, 1.54) is 0 Å². The van der Waals surface area contributed by atoms with E-state index in [1.807, 2.05) is 30.3 Å². The molecule has 0 spiro atoms. The zero-order chi connectivity index (χ0) is 15.8. The number of amides is 2. The third kappa shape index (κ3) is 5.22. The molecule has 0 aromatic heterocycles. The number of hydrogen-bond acceptors (Lipinski definition) is 3. The van der Waals surface area contributed by atoms with Crippen molar-refractivity contribution in [2.45, 2.75) is 32.3 Å². The zero-order valence-electron chi connectivity index (χ0n) is 13.2. The first-order chi connectivity index (χ1) is 10.7. The van der Waals surface area contributed by atoms with Gasteiger partial charge in [-0.2, -0.15) is 0 Å². The summed E-state index contributed by atoms with van der Waals surface area (Å²) >= 11 is 0. The highest BCUT2D eigenvalue weighted by Crippen LogP contribution is 2.19. The van der Waals surface area contributed by atoms with Gasteiger partial charge in [0.2, 0.25) is 0 Å². The SMILES string of the molecule is CC(O)C1CCCN(C(=O)NCCCOc2ccccc2)C1. The highest BCUT2D eigenvalue weighted by molar-refractivity contribution is 5.74. The maximum atomic E-state index is 12.1. The molecule has 1 aromatic carbocycles. The minimum absolute atomic E-state index is 0.0370. The molecule has 22 heavy (non-hydrogen) atoms. The Hall–Kier alpha value is -1.75. The first-order valence-corrected chi connectivity index (χ1v) is 8.05. The van der Waals surface area contributed by atoms with Gasteiger partial charge in [0.25, 0.3) is 0 Å². The summed E-state index contributed by atoms with van der Waals surface area (Å²) in [6, 6.07) is 9.63. The van der Waals surface area contributed by atoms with Gasteiger partial charge in [0.1, 0.15) is 5.75 Å². The molecule has 1 aliphatic heterocycles. The molecule has 2 amide bonds. The van der Waals surface area contributed by atoms with Crippen LogP contribution in [-0.2, 0) is 0 Å².